The van der Waals surface area contributed by atoms with Crippen molar-refractivity contribution in [3.8, 4) is 0 Å². The van der Waals surface area contributed by atoms with Crippen LogP contribution in [0.4, 0.5) is 0 Å². The zero-order chi connectivity index (χ0) is 10.8. The van der Waals surface area contributed by atoms with E-state index in [1.165, 1.54) is 17.9 Å². The van der Waals surface area contributed by atoms with E-state index in [1.807, 2.05) is 25.6 Å². The molecule has 1 atom stereocenters. The molecule has 84 valence electrons. The molecule has 2 N–H and O–H groups in total. The minimum atomic E-state index is -0.599. The first-order valence-corrected chi connectivity index (χ1v) is 6.50. The fraction of sp³-hybridized carbons (Fsp3) is 1.00. The van der Waals surface area contributed by atoms with Gasteiger partial charge in [-0.2, -0.15) is 11.8 Å². The lowest BCUT2D eigenvalue weighted by atomic mass is 9.82. The molecule has 3 heteroatoms. The van der Waals surface area contributed by atoms with Crippen molar-refractivity contribution in [2.75, 3.05) is 18.1 Å². The second-order valence-corrected chi connectivity index (χ2v) is 6.71. The Balaban J connectivity index is 2.42. The van der Waals surface area contributed by atoms with Gasteiger partial charge in [0.15, 0.2) is 0 Å². The van der Waals surface area contributed by atoms with E-state index in [-0.39, 0.29) is 0 Å². The molecule has 1 heterocycles. The maximum absolute atomic E-state index is 9.65. The maximum atomic E-state index is 9.65. The summed E-state index contributed by atoms with van der Waals surface area (Å²) in [6, 6.07) is 0.535. The SMILES string of the molecule is CC(C)(O)CNC1CSCCC1(C)C. The van der Waals surface area contributed by atoms with E-state index in [0.29, 0.717) is 18.0 Å². The van der Waals surface area contributed by atoms with Crippen LogP contribution in [-0.2, 0) is 0 Å². The van der Waals surface area contributed by atoms with Gasteiger partial charge in [-0.3, -0.25) is 0 Å². The summed E-state index contributed by atoms with van der Waals surface area (Å²) in [7, 11) is 0. The molecule has 1 aliphatic heterocycles. The van der Waals surface area contributed by atoms with Crippen LogP contribution in [0, 0.1) is 5.41 Å². The smallest absolute Gasteiger partial charge is 0.0715 e. The third-order valence-corrected chi connectivity index (χ3v) is 3.96. The molecule has 0 radical (unpaired) electrons. The lowest BCUT2D eigenvalue weighted by molar-refractivity contribution is 0.0699. The Morgan fingerprint density at radius 1 is 1.50 bits per heavy atom. The first-order valence-electron chi connectivity index (χ1n) is 5.35. The zero-order valence-electron chi connectivity index (χ0n) is 9.76. The molecular formula is C11H23NOS. The number of nitrogens with one attached hydrogen (secondary N) is 1. The van der Waals surface area contributed by atoms with Gasteiger partial charge < -0.3 is 10.4 Å². The third kappa shape index (κ3) is 3.79. The molecule has 0 aromatic carbocycles. The summed E-state index contributed by atoms with van der Waals surface area (Å²) in [6.07, 6.45) is 1.27. The van der Waals surface area contributed by atoms with Gasteiger partial charge in [-0.25, -0.2) is 0 Å². The molecule has 0 aromatic rings. The minimum absolute atomic E-state index is 0.372. The van der Waals surface area contributed by atoms with Crippen LogP contribution >= 0.6 is 11.8 Å². The summed E-state index contributed by atoms with van der Waals surface area (Å²) in [5.41, 5.74) is -0.227. The molecular weight excluding hydrogens is 194 g/mol. The van der Waals surface area contributed by atoms with Crippen molar-refractivity contribution < 1.29 is 5.11 Å². The Hall–Kier alpha value is 0.270. The van der Waals surface area contributed by atoms with Crippen LogP contribution in [0.5, 0.6) is 0 Å². The highest BCUT2D eigenvalue weighted by Crippen LogP contribution is 2.34. The predicted molar refractivity (Wildman–Crippen MR) is 63.8 cm³/mol. The lowest BCUT2D eigenvalue weighted by Gasteiger charge is -2.40. The number of hydrogen-bond acceptors (Lipinski definition) is 3. The fourth-order valence-electron chi connectivity index (χ4n) is 1.64. The molecule has 1 rings (SSSR count). The summed E-state index contributed by atoms with van der Waals surface area (Å²) in [5.74, 6) is 2.44. The van der Waals surface area contributed by atoms with Crippen LogP contribution < -0.4 is 5.32 Å². The molecule has 0 aromatic heterocycles. The summed E-state index contributed by atoms with van der Waals surface area (Å²) < 4.78 is 0. The van der Waals surface area contributed by atoms with E-state index < -0.39 is 5.60 Å². The largest absolute Gasteiger partial charge is 0.389 e. The Kier molecular flexibility index (Phi) is 3.89. The molecule has 0 aliphatic carbocycles. The second-order valence-electron chi connectivity index (χ2n) is 5.56. The van der Waals surface area contributed by atoms with Gasteiger partial charge in [0.25, 0.3) is 0 Å². The average molecular weight is 217 g/mol. The van der Waals surface area contributed by atoms with E-state index in [1.54, 1.807) is 0 Å². The molecule has 1 saturated heterocycles. The zero-order valence-corrected chi connectivity index (χ0v) is 10.6. The molecule has 1 unspecified atom stereocenters. The van der Waals surface area contributed by atoms with Gasteiger partial charge in [0, 0.05) is 18.3 Å². The standard InChI is InChI=1S/C11H23NOS/c1-10(2)5-6-14-7-9(10)12-8-11(3,4)13/h9,12-13H,5-8H2,1-4H3. The highest BCUT2D eigenvalue weighted by atomic mass is 32.2. The van der Waals surface area contributed by atoms with Gasteiger partial charge in [0.05, 0.1) is 5.60 Å². The summed E-state index contributed by atoms with van der Waals surface area (Å²) in [6.45, 7) is 9.01. The number of aliphatic hydroxyl groups is 1. The van der Waals surface area contributed by atoms with E-state index in [0.717, 1.165) is 0 Å². The Bertz CT molecular complexity index is 186. The Morgan fingerprint density at radius 2 is 2.14 bits per heavy atom. The van der Waals surface area contributed by atoms with Gasteiger partial charge in [-0.1, -0.05) is 13.8 Å². The number of hydrogen-bond donors (Lipinski definition) is 2. The molecule has 0 spiro atoms. The first kappa shape index (κ1) is 12.3. The number of rotatable bonds is 3. The van der Waals surface area contributed by atoms with Crippen LogP contribution in [0.2, 0.25) is 0 Å². The molecule has 14 heavy (non-hydrogen) atoms. The van der Waals surface area contributed by atoms with Gasteiger partial charge in [0.2, 0.25) is 0 Å². The van der Waals surface area contributed by atoms with Gasteiger partial charge >= 0.3 is 0 Å². The highest BCUT2D eigenvalue weighted by molar-refractivity contribution is 7.99. The minimum Gasteiger partial charge on any atom is -0.389 e. The first-order chi connectivity index (χ1) is 6.31. The molecule has 1 aliphatic rings. The highest BCUT2D eigenvalue weighted by Gasteiger charge is 2.32. The van der Waals surface area contributed by atoms with Crippen molar-refractivity contribution in [3.05, 3.63) is 0 Å². The molecule has 0 saturated carbocycles. The third-order valence-electron chi connectivity index (χ3n) is 2.90. The number of thioether (sulfide) groups is 1. The molecule has 1 fully saturated rings. The normalized spacial score (nSPS) is 27.6. The maximum Gasteiger partial charge on any atom is 0.0715 e. The van der Waals surface area contributed by atoms with Crippen molar-refractivity contribution in [3.63, 3.8) is 0 Å². The van der Waals surface area contributed by atoms with Crippen LogP contribution in [0.15, 0.2) is 0 Å². The average Bonchev–Trinajstić information content (AvgIpc) is 2.00. The van der Waals surface area contributed by atoms with Gasteiger partial charge in [-0.15, -0.1) is 0 Å². The molecule has 2 nitrogen and oxygen atoms in total. The Morgan fingerprint density at radius 3 is 2.64 bits per heavy atom. The van der Waals surface area contributed by atoms with E-state index >= 15 is 0 Å². The Labute approximate surface area is 91.9 Å². The predicted octanol–water partition coefficient (Wildman–Crippen LogP) is 1.88. The van der Waals surface area contributed by atoms with Crippen LogP contribution in [-0.4, -0.2) is 34.8 Å². The van der Waals surface area contributed by atoms with Crippen molar-refractivity contribution in [1.82, 2.24) is 5.32 Å². The van der Waals surface area contributed by atoms with E-state index in [2.05, 4.69) is 19.2 Å². The molecule has 0 bridgehead atoms. The van der Waals surface area contributed by atoms with E-state index in [4.69, 9.17) is 0 Å². The molecule has 0 amide bonds. The summed E-state index contributed by atoms with van der Waals surface area (Å²) in [5, 5.41) is 13.1. The second kappa shape index (κ2) is 4.42. The van der Waals surface area contributed by atoms with Crippen LogP contribution in [0.3, 0.4) is 0 Å². The van der Waals surface area contributed by atoms with Crippen molar-refractivity contribution in [2.45, 2.75) is 45.8 Å². The summed E-state index contributed by atoms with van der Waals surface area (Å²) in [4.78, 5) is 0. The lowest BCUT2D eigenvalue weighted by Crippen LogP contribution is -2.50. The quantitative estimate of drug-likeness (QED) is 0.757. The fourth-order valence-corrected chi connectivity index (χ4v) is 3.29. The van der Waals surface area contributed by atoms with Crippen LogP contribution in [0.1, 0.15) is 34.1 Å². The van der Waals surface area contributed by atoms with Crippen molar-refractivity contribution >= 4 is 11.8 Å². The van der Waals surface area contributed by atoms with Crippen molar-refractivity contribution in [1.29, 1.82) is 0 Å². The van der Waals surface area contributed by atoms with Crippen LogP contribution in [0.25, 0.3) is 0 Å². The summed E-state index contributed by atoms with van der Waals surface area (Å²) >= 11 is 2.01. The monoisotopic (exact) mass is 217 g/mol. The van der Waals surface area contributed by atoms with Crippen molar-refractivity contribution in [2.24, 2.45) is 5.41 Å². The van der Waals surface area contributed by atoms with Gasteiger partial charge in [-0.05, 0) is 31.4 Å². The topological polar surface area (TPSA) is 32.3 Å². The van der Waals surface area contributed by atoms with Gasteiger partial charge in [0.1, 0.15) is 0 Å². The van der Waals surface area contributed by atoms with E-state index in [9.17, 15) is 5.11 Å².